The summed E-state index contributed by atoms with van der Waals surface area (Å²) in [5, 5.41) is 0.395. The smallest absolute Gasteiger partial charge is 0.383 e. The quantitative estimate of drug-likeness (QED) is 0.621. The minimum atomic E-state index is -0.704. The summed E-state index contributed by atoms with van der Waals surface area (Å²) in [6, 6.07) is 5.02. The van der Waals surface area contributed by atoms with E-state index in [1.165, 1.54) is 6.92 Å². The van der Waals surface area contributed by atoms with E-state index in [9.17, 15) is 9.59 Å². The highest BCUT2D eigenvalue weighted by Gasteiger charge is 2.23. The van der Waals surface area contributed by atoms with Gasteiger partial charge in [-0.3, -0.25) is 4.79 Å². The number of fused-ring (bicyclic) bond motifs is 1. The van der Waals surface area contributed by atoms with Crippen LogP contribution < -0.4 is 19.8 Å². The Morgan fingerprint density at radius 1 is 1.04 bits per heavy atom. The lowest BCUT2D eigenvalue weighted by Gasteiger charge is -2.17. The van der Waals surface area contributed by atoms with Crippen LogP contribution in [0.1, 0.15) is 34.6 Å². The summed E-state index contributed by atoms with van der Waals surface area (Å²) in [6.45, 7) is 8.52. The van der Waals surface area contributed by atoms with Crippen molar-refractivity contribution in [3.05, 3.63) is 28.6 Å². The Bertz CT molecular complexity index is 772. The highest BCUT2D eigenvalue weighted by Crippen LogP contribution is 2.39. The molecule has 0 N–H and O–H groups in total. The SMILES string of the molecule is CC(=O)Oc1c(OC(C)C)c(=O)oc2cccc(OC(C)C)c12. The third-order valence-corrected chi connectivity index (χ3v) is 2.77. The number of rotatable bonds is 5. The molecule has 0 aliphatic heterocycles. The molecule has 0 radical (unpaired) electrons. The average Bonchev–Trinajstić information content (AvgIpc) is 2.41. The maximum absolute atomic E-state index is 12.2. The Morgan fingerprint density at radius 2 is 1.70 bits per heavy atom. The maximum atomic E-state index is 12.2. The summed E-state index contributed by atoms with van der Waals surface area (Å²) in [4.78, 5) is 23.7. The molecule has 0 aliphatic rings. The van der Waals surface area contributed by atoms with E-state index >= 15 is 0 Å². The molecule has 1 heterocycles. The van der Waals surface area contributed by atoms with E-state index in [1.54, 1.807) is 32.0 Å². The van der Waals surface area contributed by atoms with Gasteiger partial charge in [-0.25, -0.2) is 4.79 Å². The van der Waals surface area contributed by atoms with E-state index < -0.39 is 11.6 Å². The maximum Gasteiger partial charge on any atom is 0.383 e. The Balaban J connectivity index is 2.80. The van der Waals surface area contributed by atoms with Crippen molar-refractivity contribution in [2.75, 3.05) is 0 Å². The van der Waals surface area contributed by atoms with Crippen LogP contribution in [0, 0.1) is 0 Å². The van der Waals surface area contributed by atoms with Crippen molar-refractivity contribution in [1.82, 2.24) is 0 Å². The first-order chi connectivity index (χ1) is 10.8. The fourth-order valence-electron chi connectivity index (χ4n) is 2.10. The molecule has 0 fully saturated rings. The molecule has 1 aromatic carbocycles. The van der Waals surface area contributed by atoms with Gasteiger partial charge < -0.3 is 18.6 Å². The molecule has 0 saturated heterocycles. The average molecular weight is 320 g/mol. The van der Waals surface area contributed by atoms with Crippen molar-refractivity contribution in [2.45, 2.75) is 46.8 Å². The lowest BCUT2D eigenvalue weighted by Crippen LogP contribution is -2.17. The van der Waals surface area contributed by atoms with E-state index in [0.29, 0.717) is 11.1 Å². The van der Waals surface area contributed by atoms with Crippen molar-refractivity contribution in [2.24, 2.45) is 0 Å². The Hall–Kier alpha value is -2.50. The second-order valence-corrected chi connectivity index (χ2v) is 5.60. The zero-order valence-corrected chi connectivity index (χ0v) is 13.8. The van der Waals surface area contributed by atoms with Gasteiger partial charge in [0, 0.05) is 6.92 Å². The first-order valence-electron chi connectivity index (χ1n) is 7.41. The predicted molar refractivity (Wildman–Crippen MR) is 85.3 cm³/mol. The van der Waals surface area contributed by atoms with Crippen molar-refractivity contribution < 1.29 is 23.4 Å². The molecule has 0 aliphatic carbocycles. The van der Waals surface area contributed by atoms with Gasteiger partial charge in [0.2, 0.25) is 5.75 Å². The van der Waals surface area contributed by atoms with Gasteiger partial charge in [-0.1, -0.05) is 6.07 Å². The van der Waals surface area contributed by atoms with E-state index in [-0.39, 0.29) is 29.3 Å². The van der Waals surface area contributed by atoms with E-state index in [4.69, 9.17) is 18.6 Å². The van der Waals surface area contributed by atoms with E-state index in [1.807, 2.05) is 13.8 Å². The van der Waals surface area contributed by atoms with Gasteiger partial charge >= 0.3 is 11.6 Å². The fraction of sp³-hybridized carbons (Fsp3) is 0.412. The minimum Gasteiger partial charge on any atom is -0.490 e. The van der Waals surface area contributed by atoms with Crippen molar-refractivity contribution >= 4 is 16.9 Å². The zero-order chi connectivity index (χ0) is 17.1. The summed E-state index contributed by atoms with van der Waals surface area (Å²) >= 11 is 0. The molecule has 2 rings (SSSR count). The van der Waals surface area contributed by atoms with Crippen molar-refractivity contribution in [3.8, 4) is 17.2 Å². The van der Waals surface area contributed by atoms with Gasteiger partial charge in [-0.05, 0) is 39.8 Å². The highest BCUT2D eigenvalue weighted by atomic mass is 16.6. The molecule has 0 unspecified atom stereocenters. The van der Waals surface area contributed by atoms with Crippen LogP contribution in [0.5, 0.6) is 17.2 Å². The molecular formula is C17H20O6. The molecule has 0 amide bonds. The summed E-state index contributed by atoms with van der Waals surface area (Å²) in [5.41, 5.74) is -0.440. The normalized spacial score (nSPS) is 11.1. The molecule has 0 bridgehead atoms. The lowest BCUT2D eigenvalue weighted by molar-refractivity contribution is -0.131. The first-order valence-corrected chi connectivity index (χ1v) is 7.41. The largest absolute Gasteiger partial charge is 0.490 e. The molecule has 1 aromatic heterocycles. The number of ether oxygens (including phenoxy) is 3. The molecule has 2 aromatic rings. The van der Waals surface area contributed by atoms with Gasteiger partial charge in [0.05, 0.1) is 12.2 Å². The summed E-state index contributed by atoms with van der Waals surface area (Å²) in [7, 11) is 0. The predicted octanol–water partition coefficient (Wildman–Crippen LogP) is 3.29. The number of hydrogen-bond acceptors (Lipinski definition) is 6. The number of esters is 1. The number of benzene rings is 1. The number of carbonyl (C=O) groups is 1. The van der Waals surface area contributed by atoms with Gasteiger partial charge in [-0.15, -0.1) is 0 Å². The van der Waals surface area contributed by atoms with Crippen LogP contribution >= 0.6 is 0 Å². The fourth-order valence-corrected chi connectivity index (χ4v) is 2.10. The third kappa shape index (κ3) is 3.83. The van der Waals surface area contributed by atoms with Gasteiger partial charge in [0.15, 0.2) is 5.75 Å². The zero-order valence-electron chi connectivity index (χ0n) is 13.8. The van der Waals surface area contributed by atoms with E-state index in [2.05, 4.69) is 0 Å². The van der Waals surface area contributed by atoms with Gasteiger partial charge in [0.1, 0.15) is 16.7 Å². The molecule has 23 heavy (non-hydrogen) atoms. The van der Waals surface area contributed by atoms with Crippen LogP contribution in [0.3, 0.4) is 0 Å². The summed E-state index contributed by atoms with van der Waals surface area (Å²) in [5.74, 6) is -0.229. The third-order valence-electron chi connectivity index (χ3n) is 2.77. The second-order valence-electron chi connectivity index (χ2n) is 5.60. The molecule has 124 valence electrons. The highest BCUT2D eigenvalue weighted by molar-refractivity contribution is 5.93. The van der Waals surface area contributed by atoms with Crippen LogP contribution in [0.4, 0.5) is 0 Å². The number of hydrogen-bond donors (Lipinski definition) is 0. The van der Waals surface area contributed by atoms with Crippen LogP contribution in [0.25, 0.3) is 11.0 Å². The molecule has 6 heteroatoms. The monoisotopic (exact) mass is 320 g/mol. The molecule has 6 nitrogen and oxygen atoms in total. The van der Waals surface area contributed by atoms with Crippen LogP contribution in [0.2, 0.25) is 0 Å². The standard InChI is InChI=1S/C17H20O6/c1-9(2)20-12-7-6-8-13-14(12)15(22-11(5)18)16(17(19)23-13)21-10(3)4/h6-10H,1-5H3. The second kappa shape index (κ2) is 6.73. The van der Waals surface area contributed by atoms with Gasteiger partial charge in [-0.2, -0.15) is 0 Å². The summed E-state index contributed by atoms with van der Waals surface area (Å²) in [6.07, 6.45) is -0.394. The first kappa shape index (κ1) is 16.9. The molecule has 0 atom stereocenters. The minimum absolute atomic E-state index is 0.0219. The molecular weight excluding hydrogens is 300 g/mol. The van der Waals surface area contributed by atoms with Crippen molar-refractivity contribution in [1.29, 1.82) is 0 Å². The van der Waals surface area contributed by atoms with E-state index in [0.717, 1.165) is 0 Å². The van der Waals surface area contributed by atoms with Gasteiger partial charge in [0.25, 0.3) is 0 Å². The Labute approximate surface area is 134 Å². The lowest BCUT2D eigenvalue weighted by atomic mass is 10.2. The van der Waals surface area contributed by atoms with Crippen LogP contribution in [-0.2, 0) is 4.79 Å². The Kier molecular flexibility index (Phi) is 4.93. The molecule has 0 spiro atoms. The van der Waals surface area contributed by atoms with Crippen LogP contribution in [-0.4, -0.2) is 18.2 Å². The number of carbonyl (C=O) groups excluding carboxylic acids is 1. The molecule has 0 saturated carbocycles. The summed E-state index contributed by atoms with van der Waals surface area (Å²) < 4.78 is 21.8. The topological polar surface area (TPSA) is 75.0 Å². The van der Waals surface area contributed by atoms with Crippen molar-refractivity contribution in [3.63, 3.8) is 0 Å². The Morgan fingerprint density at radius 3 is 2.26 bits per heavy atom. The van der Waals surface area contributed by atoms with Crippen LogP contribution in [0.15, 0.2) is 27.4 Å².